The molecule has 1 atom stereocenters. The Balaban J connectivity index is 2.45. The third-order valence-electron chi connectivity index (χ3n) is 3.20. The topological polar surface area (TPSA) is 30.5 Å². The Bertz CT molecular complexity index is 337. The van der Waals surface area contributed by atoms with Gasteiger partial charge >= 0.3 is 0 Å². The van der Waals surface area contributed by atoms with E-state index in [2.05, 4.69) is 43.4 Å². The zero-order valence-electron chi connectivity index (χ0n) is 13.2. The molecule has 20 heavy (non-hydrogen) atoms. The molecule has 0 aliphatic carbocycles. The number of benzene rings is 1. The van der Waals surface area contributed by atoms with Crippen molar-refractivity contribution in [1.82, 2.24) is 5.32 Å². The van der Waals surface area contributed by atoms with E-state index in [4.69, 9.17) is 9.47 Å². The average molecular weight is 279 g/mol. The van der Waals surface area contributed by atoms with Crippen LogP contribution in [0.4, 0.5) is 0 Å². The highest BCUT2D eigenvalue weighted by Gasteiger charge is 2.09. The molecule has 1 aromatic carbocycles. The summed E-state index contributed by atoms with van der Waals surface area (Å²) < 4.78 is 11.2. The van der Waals surface area contributed by atoms with Gasteiger partial charge in [0, 0.05) is 13.7 Å². The summed E-state index contributed by atoms with van der Waals surface area (Å²) in [7, 11) is 1.71. The first kappa shape index (κ1) is 17.0. The molecule has 0 radical (unpaired) electrons. The van der Waals surface area contributed by atoms with Gasteiger partial charge in [-0.25, -0.2) is 0 Å². The smallest absolute Gasteiger partial charge is 0.134 e. The minimum atomic E-state index is 0.0630. The molecule has 0 bridgehead atoms. The van der Waals surface area contributed by atoms with E-state index >= 15 is 0 Å². The van der Waals surface area contributed by atoms with E-state index < -0.39 is 0 Å². The first-order valence-corrected chi connectivity index (χ1v) is 7.75. The fourth-order valence-corrected chi connectivity index (χ4v) is 2.07. The molecule has 0 fully saturated rings. The van der Waals surface area contributed by atoms with Crippen LogP contribution in [0.3, 0.4) is 0 Å². The molecule has 1 aromatic rings. The highest BCUT2D eigenvalue weighted by atomic mass is 16.5. The maximum atomic E-state index is 5.97. The molecule has 0 aromatic heterocycles. The van der Waals surface area contributed by atoms with Crippen LogP contribution in [0.5, 0.6) is 5.75 Å². The quantitative estimate of drug-likeness (QED) is 0.630. The minimum Gasteiger partial charge on any atom is -0.487 e. The van der Waals surface area contributed by atoms with E-state index in [-0.39, 0.29) is 6.10 Å². The summed E-state index contributed by atoms with van der Waals surface area (Å²) in [5, 5.41) is 3.37. The summed E-state index contributed by atoms with van der Waals surface area (Å²) in [5.41, 5.74) is 1.38. The van der Waals surface area contributed by atoms with Crippen LogP contribution in [0, 0.1) is 0 Å². The number of nitrogens with one attached hydrogen (secondary N) is 1. The summed E-state index contributed by atoms with van der Waals surface area (Å²) in [5.74, 6) is 0.922. The molecule has 3 nitrogen and oxygen atoms in total. The molecular formula is C17H29NO2. The molecule has 3 heteroatoms. The Morgan fingerprint density at radius 1 is 1.10 bits per heavy atom. The van der Waals surface area contributed by atoms with Crippen molar-refractivity contribution in [2.24, 2.45) is 0 Å². The van der Waals surface area contributed by atoms with Gasteiger partial charge in [0.25, 0.3) is 0 Å². The molecule has 1 rings (SSSR count). The van der Waals surface area contributed by atoms with Crippen LogP contribution in [-0.2, 0) is 11.2 Å². The van der Waals surface area contributed by atoms with Crippen molar-refractivity contribution in [3.05, 3.63) is 29.8 Å². The Labute approximate surface area is 123 Å². The number of unbranched alkanes of at least 4 members (excludes halogenated alkanes) is 1. The molecule has 1 N–H and O–H groups in total. The van der Waals surface area contributed by atoms with Crippen molar-refractivity contribution >= 4 is 0 Å². The monoisotopic (exact) mass is 279 g/mol. The van der Waals surface area contributed by atoms with Crippen LogP contribution in [-0.4, -0.2) is 32.9 Å². The van der Waals surface area contributed by atoms with Gasteiger partial charge in [-0.2, -0.15) is 0 Å². The molecular weight excluding hydrogens is 250 g/mol. The van der Waals surface area contributed by atoms with E-state index in [9.17, 15) is 0 Å². The van der Waals surface area contributed by atoms with Gasteiger partial charge in [-0.1, -0.05) is 32.4 Å². The fourth-order valence-electron chi connectivity index (χ4n) is 2.07. The van der Waals surface area contributed by atoms with Gasteiger partial charge in [-0.05, 0) is 43.5 Å². The summed E-state index contributed by atoms with van der Waals surface area (Å²) in [4.78, 5) is 0. The summed E-state index contributed by atoms with van der Waals surface area (Å²) in [6.45, 7) is 6.82. The molecule has 0 saturated heterocycles. The fraction of sp³-hybridized carbons (Fsp3) is 0.647. The van der Waals surface area contributed by atoms with Gasteiger partial charge in [0.2, 0.25) is 0 Å². The van der Waals surface area contributed by atoms with Gasteiger partial charge in [-0.15, -0.1) is 0 Å². The number of hydrogen-bond acceptors (Lipinski definition) is 3. The molecule has 1 unspecified atom stereocenters. The lowest BCUT2D eigenvalue weighted by molar-refractivity contribution is 0.0807. The maximum Gasteiger partial charge on any atom is 0.134 e. The standard InChI is InChI=1S/C17H29NO2/c1-4-6-7-15-8-10-16(11-9-15)20-17(14-19-3)13-18-12-5-2/h8-11,17-18H,4-7,12-14H2,1-3H3. The molecule has 0 spiro atoms. The average Bonchev–Trinajstić information content (AvgIpc) is 2.47. The lowest BCUT2D eigenvalue weighted by Crippen LogP contribution is -2.35. The van der Waals surface area contributed by atoms with Gasteiger partial charge < -0.3 is 14.8 Å². The number of methoxy groups -OCH3 is 1. The summed E-state index contributed by atoms with van der Waals surface area (Å²) in [6, 6.07) is 8.45. The number of hydrogen-bond donors (Lipinski definition) is 1. The van der Waals surface area contributed by atoms with Crippen molar-refractivity contribution in [3.63, 3.8) is 0 Å². The number of aryl methyl sites for hydroxylation is 1. The SMILES string of the molecule is CCCCc1ccc(OC(CNCCC)COC)cc1. The van der Waals surface area contributed by atoms with Gasteiger partial charge in [-0.3, -0.25) is 0 Å². The van der Waals surface area contributed by atoms with E-state index in [1.54, 1.807) is 7.11 Å². The van der Waals surface area contributed by atoms with Crippen LogP contribution < -0.4 is 10.1 Å². The number of ether oxygens (including phenoxy) is 2. The van der Waals surface area contributed by atoms with Crippen molar-refractivity contribution in [1.29, 1.82) is 0 Å². The largest absolute Gasteiger partial charge is 0.487 e. The highest BCUT2D eigenvalue weighted by Crippen LogP contribution is 2.15. The van der Waals surface area contributed by atoms with Crippen molar-refractivity contribution < 1.29 is 9.47 Å². The van der Waals surface area contributed by atoms with Crippen LogP contribution >= 0.6 is 0 Å². The molecule has 0 heterocycles. The third kappa shape index (κ3) is 6.92. The van der Waals surface area contributed by atoms with Crippen LogP contribution in [0.15, 0.2) is 24.3 Å². The molecule has 0 saturated carbocycles. The third-order valence-corrected chi connectivity index (χ3v) is 3.20. The van der Waals surface area contributed by atoms with Gasteiger partial charge in [0.15, 0.2) is 0 Å². The first-order chi connectivity index (χ1) is 9.80. The number of rotatable bonds is 11. The van der Waals surface area contributed by atoms with Crippen molar-refractivity contribution in [2.75, 3.05) is 26.8 Å². The second kappa shape index (κ2) is 10.7. The van der Waals surface area contributed by atoms with Gasteiger partial charge in [0.05, 0.1) is 6.61 Å². The van der Waals surface area contributed by atoms with Crippen LogP contribution in [0.2, 0.25) is 0 Å². The molecule has 0 amide bonds. The Kier molecular flexibility index (Phi) is 9.09. The van der Waals surface area contributed by atoms with Gasteiger partial charge in [0.1, 0.15) is 11.9 Å². The van der Waals surface area contributed by atoms with Crippen molar-refractivity contribution in [2.45, 2.75) is 45.6 Å². The van der Waals surface area contributed by atoms with E-state index in [0.717, 1.165) is 31.7 Å². The Morgan fingerprint density at radius 2 is 1.85 bits per heavy atom. The predicted molar refractivity (Wildman–Crippen MR) is 84.5 cm³/mol. The minimum absolute atomic E-state index is 0.0630. The van der Waals surface area contributed by atoms with E-state index in [1.807, 2.05) is 0 Å². The van der Waals surface area contributed by atoms with Crippen LogP contribution in [0.1, 0.15) is 38.7 Å². The lowest BCUT2D eigenvalue weighted by atomic mass is 10.1. The van der Waals surface area contributed by atoms with Crippen molar-refractivity contribution in [3.8, 4) is 5.75 Å². The Morgan fingerprint density at radius 3 is 2.45 bits per heavy atom. The zero-order valence-corrected chi connectivity index (χ0v) is 13.2. The lowest BCUT2D eigenvalue weighted by Gasteiger charge is -2.19. The zero-order chi connectivity index (χ0) is 14.6. The second-order valence-electron chi connectivity index (χ2n) is 5.15. The second-order valence-corrected chi connectivity index (χ2v) is 5.15. The molecule has 0 aliphatic rings. The Hall–Kier alpha value is -1.06. The molecule has 0 aliphatic heterocycles. The summed E-state index contributed by atoms with van der Waals surface area (Å²) >= 11 is 0. The first-order valence-electron chi connectivity index (χ1n) is 7.75. The van der Waals surface area contributed by atoms with E-state index in [1.165, 1.54) is 18.4 Å². The van der Waals surface area contributed by atoms with Crippen LogP contribution in [0.25, 0.3) is 0 Å². The normalized spacial score (nSPS) is 12.3. The highest BCUT2D eigenvalue weighted by molar-refractivity contribution is 5.27. The van der Waals surface area contributed by atoms with E-state index in [0.29, 0.717) is 6.61 Å². The predicted octanol–water partition coefficient (Wildman–Crippen LogP) is 3.42. The summed E-state index contributed by atoms with van der Waals surface area (Å²) in [6.07, 6.45) is 4.82. The maximum absolute atomic E-state index is 5.97. The molecule has 114 valence electrons.